The Balaban J connectivity index is 1.00. The molecule has 3 aliphatic rings. The summed E-state index contributed by atoms with van der Waals surface area (Å²) in [6, 6.07) is 67.0. The van der Waals surface area contributed by atoms with Crippen molar-refractivity contribution in [3.63, 3.8) is 0 Å². The fourth-order valence-electron chi connectivity index (χ4n) is 8.17. The SMILES string of the molecule is C1=C(c2ccccc2)NC(c2cccc(C3Nc4ccccc4N3c3ccccc3)c2)NC1c1cccc(C2Nc3ccccc3N2c2ccccc2)c1. The van der Waals surface area contributed by atoms with Crippen LogP contribution in [0.4, 0.5) is 34.1 Å². The smallest absolute Gasteiger partial charge is 0.130 e. The number of hydrogen-bond donors (Lipinski definition) is 4. The summed E-state index contributed by atoms with van der Waals surface area (Å²) in [5.41, 5.74) is 14.0. The molecule has 0 saturated carbocycles. The Hall–Kier alpha value is -6.76. The van der Waals surface area contributed by atoms with E-state index in [1.165, 1.54) is 33.6 Å². The first-order chi connectivity index (χ1) is 26.8. The van der Waals surface area contributed by atoms with Crippen LogP contribution >= 0.6 is 0 Å². The van der Waals surface area contributed by atoms with Crippen LogP contribution < -0.4 is 31.1 Å². The minimum Gasteiger partial charge on any atom is -0.366 e. The van der Waals surface area contributed by atoms with Gasteiger partial charge in [-0.25, -0.2) is 0 Å². The molecule has 10 rings (SSSR count). The number of hydrogen-bond acceptors (Lipinski definition) is 6. The van der Waals surface area contributed by atoms with Crippen LogP contribution in [0.1, 0.15) is 52.4 Å². The van der Waals surface area contributed by atoms with E-state index in [0.29, 0.717) is 0 Å². The van der Waals surface area contributed by atoms with Gasteiger partial charge in [-0.2, -0.15) is 0 Å². The monoisotopic (exact) mass is 700 g/mol. The highest BCUT2D eigenvalue weighted by Crippen LogP contribution is 2.47. The zero-order valence-corrected chi connectivity index (χ0v) is 29.7. The second-order valence-electron chi connectivity index (χ2n) is 14.0. The maximum absolute atomic E-state index is 3.99. The number of benzene rings is 7. The Labute approximate surface area is 316 Å². The third kappa shape index (κ3) is 5.83. The van der Waals surface area contributed by atoms with Gasteiger partial charge in [0, 0.05) is 17.1 Å². The van der Waals surface area contributed by atoms with E-state index in [1.54, 1.807) is 0 Å². The van der Waals surface area contributed by atoms with E-state index >= 15 is 0 Å². The van der Waals surface area contributed by atoms with Crippen molar-refractivity contribution >= 4 is 39.8 Å². The van der Waals surface area contributed by atoms with E-state index < -0.39 is 0 Å². The van der Waals surface area contributed by atoms with Crippen LogP contribution in [0.2, 0.25) is 0 Å². The van der Waals surface area contributed by atoms with Gasteiger partial charge in [0.25, 0.3) is 0 Å². The first-order valence-corrected chi connectivity index (χ1v) is 18.7. The zero-order chi connectivity index (χ0) is 35.8. The molecule has 0 spiro atoms. The molecule has 0 radical (unpaired) electrons. The largest absolute Gasteiger partial charge is 0.366 e. The second-order valence-corrected chi connectivity index (χ2v) is 14.0. The van der Waals surface area contributed by atoms with Gasteiger partial charge in [0.15, 0.2) is 0 Å². The third-order valence-electron chi connectivity index (χ3n) is 10.7. The molecule has 54 heavy (non-hydrogen) atoms. The van der Waals surface area contributed by atoms with Crippen LogP contribution in [0.3, 0.4) is 0 Å². The summed E-state index contributed by atoms with van der Waals surface area (Å²) >= 11 is 0. The number of anilines is 6. The van der Waals surface area contributed by atoms with E-state index in [2.05, 4.69) is 225 Å². The lowest BCUT2D eigenvalue weighted by Crippen LogP contribution is -2.39. The van der Waals surface area contributed by atoms with Gasteiger partial charge in [0.2, 0.25) is 0 Å². The van der Waals surface area contributed by atoms with Gasteiger partial charge in [-0.15, -0.1) is 0 Å². The normalized spacial score (nSPS) is 19.9. The van der Waals surface area contributed by atoms with Crippen molar-refractivity contribution in [1.82, 2.24) is 10.6 Å². The molecule has 4 atom stereocenters. The lowest BCUT2D eigenvalue weighted by molar-refractivity contribution is 0.442. The molecule has 7 aromatic rings. The summed E-state index contributed by atoms with van der Waals surface area (Å²) in [5.74, 6) is 0. The molecular formula is C48H40N6. The van der Waals surface area contributed by atoms with Crippen molar-refractivity contribution in [3.8, 4) is 0 Å². The van der Waals surface area contributed by atoms with Gasteiger partial charge in [-0.3, -0.25) is 5.32 Å². The predicted molar refractivity (Wildman–Crippen MR) is 222 cm³/mol. The maximum Gasteiger partial charge on any atom is 0.130 e. The summed E-state index contributed by atoms with van der Waals surface area (Å²) in [7, 11) is 0. The van der Waals surface area contributed by atoms with Crippen LogP contribution in [-0.4, -0.2) is 0 Å². The summed E-state index contributed by atoms with van der Waals surface area (Å²) in [6.07, 6.45) is 2.09. The first kappa shape index (κ1) is 31.9. The van der Waals surface area contributed by atoms with Crippen molar-refractivity contribution < 1.29 is 0 Å². The van der Waals surface area contributed by atoms with Crippen LogP contribution in [0.5, 0.6) is 0 Å². The molecular weight excluding hydrogens is 661 g/mol. The molecule has 0 saturated heterocycles. The lowest BCUT2D eigenvalue weighted by Gasteiger charge is -2.34. The van der Waals surface area contributed by atoms with Crippen LogP contribution in [0, 0.1) is 0 Å². The van der Waals surface area contributed by atoms with Crippen LogP contribution in [-0.2, 0) is 0 Å². The molecule has 0 aliphatic carbocycles. The van der Waals surface area contributed by atoms with Gasteiger partial charge in [0.1, 0.15) is 18.5 Å². The third-order valence-corrected chi connectivity index (χ3v) is 10.7. The van der Waals surface area contributed by atoms with Gasteiger partial charge in [-0.05, 0) is 94.6 Å². The Bertz CT molecular complexity index is 2450. The summed E-state index contributed by atoms with van der Waals surface area (Å²) < 4.78 is 0. The van der Waals surface area contributed by atoms with Gasteiger partial charge >= 0.3 is 0 Å². The average Bonchev–Trinajstić information content (AvgIpc) is 3.84. The van der Waals surface area contributed by atoms with E-state index in [0.717, 1.165) is 34.0 Å². The summed E-state index contributed by atoms with van der Waals surface area (Å²) in [4.78, 5) is 4.80. The molecule has 4 N–H and O–H groups in total. The summed E-state index contributed by atoms with van der Waals surface area (Å²) in [5, 5.41) is 15.5. The highest BCUT2D eigenvalue weighted by molar-refractivity contribution is 5.84. The average molecular weight is 701 g/mol. The van der Waals surface area contributed by atoms with Crippen molar-refractivity contribution in [2.45, 2.75) is 24.5 Å². The first-order valence-electron chi connectivity index (χ1n) is 18.7. The number of fused-ring (bicyclic) bond motifs is 2. The lowest BCUT2D eigenvalue weighted by atomic mass is 9.96. The molecule has 0 fully saturated rings. The topological polar surface area (TPSA) is 54.6 Å². The molecule has 0 bridgehead atoms. The number of rotatable bonds is 7. The molecule has 3 heterocycles. The number of nitrogens with one attached hydrogen (secondary N) is 4. The second kappa shape index (κ2) is 13.7. The number of para-hydroxylation sites is 6. The van der Waals surface area contributed by atoms with Crippen molar-refractivity contribution in [2.24, 2.45) is 0 Å². The highest BCUT2D eigenvalue weighted by Gasteiger charge is 2.34. The minimum atomic E-state index is -0.137. The van der Waals surface area contributed by atoms with Crippen molar-refractivity contribution in [1.29, 1.82) is 0 Å². The van der Waals surface area contributed by atoms with Crippen molar-refractivity contribution in [3.05, 3.63) is 222 Å². The van der Waals surface area contributed by atoms with E-state index in [9.17, 15) is 0 Å². The fourth-order valence-corrected chi connectivity index (χ4v) is 8.17. The molecule has 6 heteroatoms. The van der Waals surface area contributed by atoms with E-state index in [4.69, 9.17) is 0 Å². The van der Waals surface area contributed by atoms with Gasteiger partial charge < -0.3 is 25.8 Å². The fraction of sp³-hybridized carbons (Fsp3) is 0.0833. The maximum atomic E-state index is 3.99. The Morgan fingerprint density at radius 2 is 0.852 bits per heavy atom. The van der Waals surface area contributed by atoms with Crippen molar-refractivity contribution in [2.75, 3.05) is 20.4 Å². The standard InChI is InChI=1S/C48H40N6/c1-4-16-33(17-5-1)42-32-43(34-18-14-20-36(30-34)47-51-40-26-10-12-28-44(40)53(47)38-22-6-2-7-23-38)50-46(49-42)35-19-15-21-37(31-35)48-52-41-27-11-13-29-45(41)54(48)39-24-8-3-9-25-39/h1-32,43,46-52H. The predicted octanol–water partition coefficient (Wildman–Crippen LogP) is 11.2. The van der Waals surface area contributed by atoms with Gasteiger partial charge in [-0.1, -0.05) is 127 Å². The Morgan fingerprint density at radius 1 is 0.389 bits per heavy atom. The van der Waals surface area contributed by atoms with Gasteiger partial charge in [0.05, 0.1) is 28.8 Å². The molecule has 4 unspecified atom stereocenters. The summed E-state index contributed by atoms with van der Waals surface area (Å²) in [6.45, 7) is 0. The van der Waals surface area contributed by atoms with Crippen LogP contribution in [0.15, 0.2) is 194 Å². The van der Waals surface area contributed by atoms with Crippen LogP contribution in [0.25, 0.3) is 5.70 Å². The number of nitrogens with zero attached hydrogens (tertiary/aromatic N) is 2. The Kier molecular flexibility index (Phi) is 8.08. The zero-order valence-electron chi connectivity index (χ0n) is 29.7. The minimum absolute atomic E-state index is 0.0429. The molecule has 7 aromatic carbocycles. The molecule has 6 nitrogen and oxygen atoms in total. The molecule has 0 amide bonds. The Morgan fingerprint density at radius 3 is 1.43 bits per heavy atom. The molecule has 3 aliphatic heterocycles. The molecule has 0 aromatic heterocycles. The van der Waals surface area contributed by atoms with E-state index in [-0.39, 0.29) is 24.5 Å². The highest BCUT2D eigenvalue weighted by atomic mass is 15.3. The van der Waals surface area contributed by atoms with E-state index in [1.807, 2.05) is 0 Å². The molecule has 262 valence electrons. The quantitative estimate of drug-likeness (QED) is 0.133.